The monoisotopic (exact) mass is 479 g/mol. The fraction of sp³-hybridized carbons (Fsp3) is 0.0690. The number of halogens is 1. The number of benzene rings is 4. The van der Waals surface area contributed by atoms with Gasteiger partial charge in [-0.05, 0) is 35.0 Å². The lowest BCUT2D eigenvalue weighted by molar-refractivity contribution is 0.0739. The lowest BCUT2D eigenvalue weighted by atomic mass is 10.0. The summed E-state index contributed by atoms with van der Waals surface area (Å²) in [5.74, 6) is 6.67. The van der Waals surface area contributed by atoms with Crippen molar-refractivity contribution < 1.29 is 4.79 Å². The molecule has 32 heavy (non-hydrogen) atoms. The number of nitrogens with zero attached hydrogens (tertiary/aromatic N) is 1. The molecule has 0 aliphatic carbocycles. The van der Waals surface area contributed by atoms with Crippen LogP contribution < -0.4 is 0 Å². The number of rotatable bonds is 5. The second kappa shape index (κ2) is 10.1. The van der Waals surface area contributed by atoms with E-state index in [1.54, 1.807) is 11.0 Å². The first kappa shape index (κ1) is 21.6. The van der Waals surface area contributed by atoms with Gasteiger partial charge in [0.25, 0.3) is 5.91 Å². The molecule has 0 N–H and O–H groups in total. The Morgan fingerprint density at radius 3 is 2.38 bits per heavy atom. The van der Waals surface area contributed by atoms with E-state index in [4.69, 9.17) is 0 Å². The number of amides is 1. The summed E-state index contributed by atoms with van der Waals surface area (Å²) in [5.41, 5.74) is 2.50. The van der Waals surface area contributed by atoms with Gasteiger partial charge in [-0.15, -0.1) is 6.58 Å². The first-order chi connectivity index (χ1) is 15.7. The molecule has 2 nitrogen and oxygen atoms in total. The van der Waals surface area contributed by atoms with E-state index in [0.717, 1.165) is 26.4 Å². The number of hydrogen-bond acceptors (Lipinski definition) is 1. The summed E-state index contributed by atoms with van der Waals surface area (Å²) in [6.07, 6.45) is 1.74. The van der Waals surface area contributed by atoms with Crippen molar-refractivity contribution in [3.05, 3.63) is 131 Å². The van der Waals surface area contributed by atoms with E-state index in [2.05, 4.69) is 52.5 Å². The molecule has 0 radical (unpaired) electrons. The Morgan fingerprint density at radius 2 is 1.59 bits per heavy atom. The molecule has 0 aliphatic rings. The first-order valence-corrected chi connectivity index (χ1v) is 11.2. The smallest absolute Gasteiger partial charge is 0.255 e. The zero-order chi connectivity index (χ0) is 22.3. The highest BCUT2D eigenvalue weighted by molar-refractivity contribution is 9.10. The Labute approximate surface area is 197 Å². The lowest BCUT2D eigenvalue weighted by Gasteiger charge is -2.28. The third-order valence-electron chi connectivity index (χ3n) is 5.25. The maximum absolute atomic E-state index is 13.5. The van der Waals surface area contributed by atoms with E-state index in [0.29, 0.717) is 12.1 Å². The Morgan fingerprint density at radius 1 is 0.906 bits per heavy atom. The molecule has 0 fully saturated rings. The van der Waals surface area contributed by atoms with Crippen molar-refractivity contribution in [1.29, 1.82) is 0 Å². The second-order valence-electron chi connectivity index (χ2n) is 7.33. The van der Waals surface area contributed by atoms with Gasteiger partial charge >= 0.3 is 0 Å². The molecule has 4 rings (SSSR count). The second-order valence-corrected chi connectivity index (χ2v) is 8.19. The fourth-order valence-corrected chi connectivity index (χ4v) is 4.19. The number of carbonyl (C=O) groups is 1. The molecule has 3 heteroatoms. The summed E-state index contributed by atoms with van der Waals surface area (Å²) in [4.78, 5) is 15.2. The molecule has 0 aliphatic heterocycles. The average molecular weight is 480 g/mol. The molecular weight excluding hydrogens is 458 g/mol. The zero-order valence-corrected chi connectivity index (χ0v) is 19.1. The highest BCUT2D eigenvalue weighted by Crippen LogP contribution is 2.29. The van der Waals surface area contributed by atoms with Crippen molar-refractivity contribution in [1.82, 2.24) is 4.90 Å². The fourth-order valence-electron chi connectivity index (χ4n) is 3.69. The van der Waals surface area contributed by atoms with Gasteiger partial charge in [-0.1, -0.05) is 107 Å². The molecule has 1 amide bonds. The Balaban J connectivity index is 1.84. The van der Waals surface area contributed by atoms with Gasteiger partial charge in [-0.3, -0.25) is 4.79 Å². The molecule has 1 atom stereocenters. The van der Waals surface area contributed by atoms with E-state index in [-0.39, 0.29) is 5.91 Å². The van der Waals surface area contributed by atoms with Crippen molar-refractivity contribution in [3.8, 4) is 11.8 Å². The normalized spacial score (nSPS) is 11.3. The summed E-state index contributed by atoms with van der Waals surface area (Å²) in [5, 5.41) is 2.23. The Hall–Kier alpha value is -3.61. The van der Waals surface area contributed by atoms with Crippen molar-refractivity contribution in [2.45, 2.75) is 6.04 Å². The SMILES string of the molecule is C=CCN(C(=O)c1ccccc1)C(C#Cc1cccc2ccccc12)c1ccccc1Br. The summed E-state index contributed by atoms with van der Waals surface area (Å²) < 4.78 is 0.909. The summed E-state index contributed by atoms with van der Waals surface area (Å²) in [7, 11) is 0. The molecule has 0 saturated heterocycles. The van der Waals surface area contributed by atoms with Crippen LogP contribution in [0.25, 0.3) is 10.8 Å². The van der Waals surface area contributed by atoms with Crippen molar-refractivity contribution >= 4 is 32.6 Å². The largest absolute Gasteiger partial charge is 0.317 e. The quantitative estimate of drug-likeness (QED) is 0.222. The molecule has 0 heterocycles. The Kier molecular flexibility index (Phi) is 6.84. The van der Waals surface area contributed by atoms with Gasteiger partial charge in [0.1, 0.15) is 6.04 Å². The third kappa shape index (κ3) is 4.66. The minimum atomic E-state index is -0.449. The standard InChI is InChI=1S/C29H22BrNO/c1-2-21-31(29(32)24-12-4-3-5-13-24)28(26-17-8-9-18-27(26)30)20-19-23-15-10-14-22-11-6-7-16-25(22)23/h2-18,28H,1,21H2. The average Bonchev–Trinajstić information content (AvgIpc) is 2.84. The molecule has 1 unspecified atom stereocenters. The van der Waals surface area contributed by atoms with Crippen LogP contribution in [-0.4, -0.2) is 17.4 Å². The van der Waals surface area contributed by atoms with E-state index in [1.807, 2.05) is 78.9 Å². The molecular formula is C29H22BrNO. The molecule has 156 valence electrons. The van der Waals surface area contributed by atoms with Crippen LogP contribution in [0.4, 0.5) is 0 Å². The van der Waals surface area contributed by atoms with Crippen LogP contribution in [0.2, 0.25) is 0 Å². The van der Waals surface area contributed by atoms with Crippen LogP contribution in [0.5, 0.6) is 0 Å². The van der Waals surface area contributed by atoms with Gasteiger partial charge in [0.05, 0.1) is 0 Å². The highest BCUT2D eigenvalue weighted by atomic mass is 79.9. The van der Waals surface area contributed by atoms with Crippen LogP contribution in [0.3, 0.4) is 0 Å². The van der Waals surface area contributed by atoms with Crippen LogP contribution >= 0.6 is 15.9 Å². The van der Waals surface area contributed by atoms with E-state index in [1.165, 1.54) is 0 Å². The molecule has 4 aromatic rings. The highest BCUT2D eigenvalue weighted by Gasteiger charge is 2.25. The molecule has 0 aromatic heterocycles. The van der Waals surface area contributed by atoms with Crippen LogP contribution in [0.1, 0.15) is 27.5 Å². The summed E-state index contributed by atoms with van der Waals surface area (Å²) in [6, 6.07) is 31.0. The predicted octanol–water partition coefficient (Wildman–Crippen LogP) is 7.02. The van der Waals surface area contributed by atoms with E-state index >= 15 is 0 Å². The topological polar surface area (TPSA) is 20.3 Å². The summed E-state index contributed by atoms with van der Waals surface area (Å²) >= 11 is 3.66. The first-order valence-electron chi connectivity index (χ1n) is 10.4. The minimum Gasteiger partial charge on any atom is -0.317 e. The van der Waals surface area contributed by atoms with Crippen molar-refractivity contribution in [3.63, 3.8) is 0 Å². The Bertz CT molecular complexity index is 1310. The van der Waals surface area contributed by atoms with E-state index in [9.17, 15) is 4.79 Å². The van der Waals surface area contributed by atoms with Gasteiger partial charge in [-0.2, -0.15) is 0 Å². The zero-order valence-electron chi connectivity index (χ0n) is 17.5. The molecule has 0 bridgehead atoms. The maximum Gasteiger partial charge on any atom is 0.255 e. The van der Waals surface area contributed by atoms with Crippen molar-refractivity contribution in [2.24, 2.45) is 0 Å². The van der Waals surface area contributed by atoms with Crippen LogP contribution in [-0.2, 0) is 0 Å². The van der Waals surface area contributed by atoms with Crippen LogP contribution in [0.15, 0.2) is 114 Å². The van der Waals surface area contributed by atoms with Crippen molar-refractivity contribution in [2.75, 3.05) is 6.54 Å². The maximum atomic E-state index is 13.5. The lowest BCUT2D eigenvalue weighted by Crippen LogP contribution is -2.34. The summed E-state index contributed by atoms with van der Waals surface area (Å²) in [6.45, 7) is 4.26. The number of fused-ring (bicyclic) bond motifs is 1. The molecule has 0 saturated carbocycles. The van der Waals surface area contributed by atoms with Crippen LogP contribution in [0, 0.1) is 11.8 Å². The van der Waals surface area contributed by atoms with Gasteiger partial charge in [-0.25, -0.2) is 0 Å². The molecule has 4 aromatic carbocycles. The predicted molar refractivity (Wildman–Crippen MR) is 135 cm³/mol. The minimum absolute atomic E-state index is 0.0847. The van der Waals surface area contributed by atoms with E-state index < -0.39 is 6.04 Å². The molecule has 0 spiro atoms. The van der Waals surface area contributed by atoms with Gasteiger partial charge in [0.2, 0.25) is 0 Å². The third-order valence-corrected chi connectivity index (χ3v) is 5.97. The van der Waals surface area contributed by atoms with Gasteiger partial charge < -0.3 is 4.90 Å². The number of carbonyl (C=O) groups excluding carboxylic acids is 1. The number of hydrogen-bond donors (Lipinski definition) is 0. The van der Waals surface area contributed by atoms with Gasteiger partial charge in [0.15, 0.2) is 0 Å². The van der Waals surface area contributed by atoms with Gasteiger partial charge in [0, 0.05) is 27.7 Å².